The number of rotatable bonds is 4. The Morgan fingerprint density at radius 2 is 2.14 bits per heavy atom. The molecule has 1 spiro atoms. The minimum Gasteiger partial charge on any atom is -0.364 e. The van der Waals surface area contributed by atoms with Gasteiger partial charge in [0.25, 0.3) is 5.91 Å². The summed E-state index contributed by atoms with van der Waals surface area (Å²) >= 11 is 0. The monoisotopic (exact) mass is 288 g/mol. The standard InChI is InChI=1S/C15H20N4O2/c1-10(20)19-8-15(9-19)4-12(5-15)17-6-11-2-3-13(14(16)21)18-7-11/h2-3,7,12,17H,4-6,8-9H2,1H3,(H2,16,21). The van der Waals surface area contributed by atoms with Crippen LogP contribution in [0.25, 0.3) is 0 Å². The van der Waals surface area contributed by atoms with Crippen molar-refractivity contribution >= 4 is 11.8 Å². The van der Waals surface area contributed by atoms with Crippen molar-refractivity contribution in [2.45, 2.75) is 32.4 Å². The Morgan fingerprint density at radius 1 is 1.43 bits per heavy atom. The van der Waals surface area contributed by atoms with Crippen LogP contribution in [-0.2, 0) is 11.3 Å². The second-order valence-electron chi connectivity index (χ2n) is 6.28. The second kappa shape index (κ2) is 5.11. The van der Waals surface area contributed by atoms with Crippen molar-refractivity contribution in [3.63, 3.8) is 0 Å². The second-order valence-corrected chi connectivity index (χ2v) is 6.28. The molecule has 0 atom stereocenters. The Morgan fingerprint density at radius 3 is 2.67 bits per heavy atom. The molecule has 6 nitrogen and oxygen atoms in total. The first kappa shape index (κ1) is 14.0. The van der Waals surface area contributed by atoms with Gasteiger partial charge in [-0.2, -0.15) is 0 Å². The summed E-state index contributed by atoms with van der Waals surface area (Å²) in [6, 6.07) is 4.03. The van der Waals surface area contributed by atoms with Crippen LogP contribution in [0.1, 0.15) is 35.8 Å². The van der Waals surface area contributed by atoms with Gasteiger partial charge >= 0.3 is 0 Å². The van der Waals surface area contributed by atoms with Crippen molar-refractivity contribution in [2.75, 3.05) is 13.1 Å². The molecule has 1 aliphatic carbocycles. The molecular weight excluding hydrogens is 268 g/mol. The molecule has 6 heteroatoms. The van der Waals surface area contributed by atoms with Crippen LogP contribution in [0.5, 0.6) is 0 Å². The quantitative estimate of drug-likeness (QED) is 0.833. The van der Waals surface area contributed by atoms with Gasteiger partial charge in [-0.1, -0.05) is 6.07 Å². The highest BCUT2D eigenvalue weighted by atomic mass is 16.2. The number of aromatic nitrogens is 1. The van der Waals surface area contributed by atoms with Crippen molar-refractivity contribution in [1.82, 2.24) is 15.2 Å². The highest BCUT2D eigenvalue weighted by Crippen LogP contribution is 2.48. The van der Waals surface area contributed by atoms with Gasteiger partial charge in [0.05, 0.1) is 0 Å². The lowest BCUT2D eigenvalue weighted by atomic mass is 9.60. The highest BCUT2D eigenvalue weighted by Gasteiger charge is 2.52. The maximum absolute atomic E-state index is 11.2. The van der Waals surface area contributed by atoms with Crippen molar-refractivity contribution < 1.29 is 9.59 Å². The van der Waals surface area contributed by atoms with Gasteiger partial charge in [-0.25, -0.2) is 0 Å². The first-order valence-corrected chi connectivity index (χ1v) is 7.21. The topological polar surface area (TPSA) is 88.3 Å². The van der Waals surface area contributed by atoms with Crippen LogP contribution in [0.15, 0.2) is 18.3 Å². The number of likely N-dealkylation sites (tertiary alicyclic amines) is 1. The molecule has 0 radical (unpaired) electrons. The van der Waals surface area contributed by atoms with Gasteiger partial charge in [-0.3, -0.25) is 14.6 Å². The summed E-state index contributed by atoms with van der Waals surface area (Å²) in [6.07, 6.45) is 3.94. The van der Waals surface area contributed by atoms with Crippen LogP contribution in [0, 0.1) is 5.41 Å². The minimum absolute atomic E-state index is 0.178. The van der Waals surface area contributed by atoms with Crippen LogP contribution < -0.4 is 11.1 Å². The number of hydrogen-bond acceptors (Lipinski definition) is 4. The van der Waals surface area contributed by atoms with Crippen molar-refractivity contribution in [1.29, 1.82) is 0 Å². The summed E-state index contributed by atoms with van der Waals surface area (Å²) in [5, 5.41) is 3.49. The predicted octanol–water partition coefficient (Wildman–Crippen LogP) is 0.281. The normalized spacial score (nSPS) is 20.0. The number of nitrogens with one attached hydrogen (secondary N) is 1. The third-order valence-corrected chi connectivity index (χ3v) is 4.53. The smallest absolute Gasteiger partial charge is 0.267 e. The average Bonchev–Trinajstić information content (AvgIpc) is 2.35. The molecule has 0 bridgehead atoms. The average molecular weight is 288 g/mol. The Labute approximate surface area is 123 Å². The summed E-state index contributed by atoms with van der Waals surface area (Å²) in [5.41, 5.74) is 6.86. The van der Waals surface area contributed by atoms with E-state index < -0.39 is 5.91 Å². The number of nitrogens with zero attached hydrogens (tertiary/aromatic N) is 2. The van der Waals surface area contributed by atoms with Crippen molar-refractivity contribution in [3.8, 4) is 0 Å². The highest BCUT2D eigenvalue weighted by molar-refractivity contribution is 5.90. The summed E-state index contributed by atoms with van der Waals surface area (Å²) < 4.78 is 0. The van der Waals surface area contributed by atoms with E-state index in [4.69, 9.17) is 5.73 Å². The third-order valence-electron chi connectivity index (χ3n) is 4.53. The molecule has 1 aromatic rings. The lowest BCUT2D eigenvalue weighted by Gasteiger charge is -2.59. The molecule has 2 fully saturated rings. The molecule has 1 saturated carbocycles. The molecule has 3 rings (SSSR count). The van der Waals surface area contributed by atoms with E-state index in [0.29, 0.717) is 17.2 Å². The number of amides is 2. The summed E-state index contributed by atoms with van der Waals surface area (Å²) in [5.74, 6) is -0.326. The van der Waals surface area contributed by atoms with E-state index in [1.54, 1.807) is 19.2 Å². The summed E-state index contributed by atoms with van der Waals surface area (Å²) in [6.45, 7) is 4.19. The fourth-order valence-electron chi connectivity index (χ4n) is 3.31. The van der Waals surface area contributed by atoms with E-state index in [1.807, 2.05) is 11.0 Å². The van der Waals surface area contributed by atoms with E-state index in [1.165, 1.54) is 0 Å². The predicted molar refractivity (Wildman–Crippen MR) is 77.3 cm³/mol. The zero-order chi connectivity index (χ0) is 15.0. The van der Waals surface area contributed by atoms with Gasteiger partial charge in [0.1, 0.15) is 5.69 Å². The molecular formula is C15H20N4O2. The number of primary amides is 1. The van der Waals surface area contributed by atoms with Crippen LogP contribution >= 0.6 is 0 Å². The van der Waals surface area contributed by atoms with E-state index >= 15 is 0 Å². The van der Waals surface area contributed by atoms with Gasteiger partial charge in [-0.05, 0) is 24.5 Å². The zero-order valence-electron chi connectivity index (χ0n) is 12.1. The number of carbonyl (C=O) groups excluding carboxylic acids is 2. The van der Waals surface area contributed by atoms with Gasteiger partial charge in [0.2, 0.25) is 5.91 Å². The molecule has 3 N–H and O–H groups in total. The minimum atomic E-state index is -0.504. The Hall–Kier alpha value is -1.95. The van der Waals surface area contributed by atoms with Crippen molar-refractivity contribution in [2.24, 2.45) is 11.1 Å². The Kier molecular flexibility index (Phi) is 3.41. The zero-order valence-corrected chi connectivity index (χ0v) is 12.1. The fraction of sp³-hybridized carbons (Fsp3) is 0.533. The van der Waals surface area contributed by atoms with E-state index in [9.17, 15) is 9.59 Å². The largest absolute Gasteiger partial charge is 0.364 e. The molecule has 2 aliphatic rings. The Bertz CT molecular complexity index is 556. The molecule has 1 aromatic heterocycles. The fourth-order valence-corrected chi connectivity index (χ4v) is 3.31. The maximum atomic E-state index is 11.2. The lowest BCUT2D eigenvalue weighted by molar-refractivity contribution is -0.149. The maximum Gasteiger partial charge on any atom is 0.267 e. The Balaban J connectivity index is 1.42. The van der Waals surface area contributed by atoms with E-state index in [0.717, 1.165) is 38.0 Å². The molecule has 0 unspecified atom stereocenters. The first-order valence-electron chi connectivity index (χ1n) is 7.21. The molecule has 1 saturated heterocycles. The molecule has 0 aromatic carbocycles. The number of carbonyl (C=O) groups is 2. The summed E-state index contributed by atoms with van der Waals surface area (Å²) in [7, 11) is 0. The molecule has 2 heterocycles. The van der Waals surface area contributed by atoms with Gasteiger partial charge < -0.3 is 16.0 Å². The third kappa shape index (κ3) is 2.76. The van der Waals surface area contributed by atoms with Gasteiger partial charge in [0.15, 0.2) is 0 Å². The number of pyridine rings is 1. The van der Waals surface area contributed by atoms with E-state index in [-0.39, 0.29) is 5.91 Å². The van der Waals surface area contributed by atoms with Crippen LogP contribution in [0.4, 0.5) is 0 Å². The van der Waals surface area contributed by atoms with E-state index in [2.05, 4.69) is 10.3 Å². The number of hydrogen-bond donors (Lipinski definition) is 2. The first-order chi connectivity index (χ1) is 9.97. The lowest BCUT2D eigenvalue weighted by Crippen LogP contribution is -2.66. The molecule has 2 amide bonds. The van der Waals surface area contributed by atoms with Crippen LogP contribution in [-0.4, -0.2) is 40.8 Å². The SMILES string of the molecule is CC(=O)N1CC2(CC(NCc3ccc(C(N)=O)nc3)C2)C1. The summed E-state index contributed by atoms with van der Waals surface area (Å²) in [4.78, 5) is 28.1. The van der Waals surface area contributed by atoms with Crippen LogP contribution in [0.3, 0.4) is 0 Å². The molecule has 1 aliphatic heterocycles. The van der Waals surface area contributed by atoms with Gasteiger partial charge in [0, 0.05) is 44.2 Å². The van der Waals surface area contributed by atoms with Gasteiger partial charge in [-0.15, -0.1) is 0 Å². The van der Waals surface area contributed by atoms with Crippen LogP contribution in [0.2, 0.25) is 0 Å². The number of nitrogens with two attached hydrogens (primary N) is 1. The molecule has 21 heavy (non-hydrogen) atoms. The molecule has 112 valence electrons. The van der Waals surface area contributed by atoms with Crippen molar-refractivity contribution in [3.05, 3.63) is 29.6 Å².